The van der Waals surface area contributed by atoms with Gasteiger partial charge in [-0.25, -0.2) is 4.79 Å². The van der Waals surface area contributed by atoms with Crippen LogP contribution in [0.4, 0.5) is 5.69 Å². The van der Waals surface area contributed by atoms with E-state index >= 15 is 0 Å². The first-order chi connectivity index (χ1) is 10.5. The minimum absolute atomic E-state index is 0.137. The number of aromatic nitrogens is 1. The number of hydrogen-bond acceptors (Lipinski definition) is 4. The number of amides is 1. The average Bonchev–Trinajstić information content (AvgIpc) is 2.47. The Hall–Kier alpha value is -2.63. The van der Waals surface area contributed by atoms with E-state index in [1.54, 1.807) is 25.1 Å². The smallest absolute Gasteiger partial charge is 0.397 e. The van der Waals surface area contributed by atoms with Crippen molar-refractivity contribution in [1.82, 2.24) is 4.98 Å². The van der Waals surface area contributed by atoms with Gasteiger partial charge in [0.15, 0.2) is 0 Å². The number of anilines is 1. The van der Waals surface area contributed by atoms with E-state index in [-0.39, 0.29) is 12.2 Å². The Balaban J connectivity index is 2.33. The molecule has 22 heavy (non-hydrogen) atoms. The predicted molar refractivity (Wildman–Crippen MR) is 83.8 cm³/mol. The van der Waals surface area contributed by atoms with Crippen molar-refractivity contribution < 1.29 is 14.3 Å². The number of aromatic amines is 1. The third kappa shape index (κ3) is 3.52. The highest BCUT2D eigenvalue weighted by molar-refractivity contribution is 6.37. The minimum atomic E-state index is -0.934. The first kappa shape index (κ1) is 15.8. The maximum atomic E-state index is 11.7. The molecule has 0 bridgehead atoms. The highest BCUT2D eigenvalue weighted by atomic mass is 16.5. The van der Waals surface area contributed by atoms with Crippen molar-refractivity contribution in [2.45, 2.75) is 26.7 Å². The number of H-pyrrole nitrogens is 1. The number of esters is 1. The van der Waals surface area contributed by atoms with Gasteiger partial charge in [0.25, 0.3) is 0 Å². The zero-order valence-electron chi connectivity index (χ0n) is 12.6. The number of carbonyl (C=O) groups is 2. The van der Waals surface area contributed by atoms with Gasteiger partial charge in [-0.2, -0.15) is 0 Å². The molecule has 6 nitrogen and oxygen atoms in total. The number of pyridine rings is 1. The van der Waals surface area contributed by atoms with Gasteiger partial charge in [-0.05, 0) is 31.0 Å². The van der Waals surface area contributed by atoms with Crippen molar-refractivity contribution in [2.75, 3.05) is 11.9 Å². The summed E-state index contributed by atoms with van der Waals surface area (Å²) in [5.74, 6) is -1.77. The molecule has 0 unspecified atom stereocenters. The van der Waals surface area contributed by atoms with E-state index in [1.807, 2.05) is 13.0 Å². The van der Waals surface area contributed by atoms with Gasteiger partial charge in [0.05, 0.1) is 12.1 Å². The Kier molecular flexibility index (Phi) is 4.93. The van der Waals surface area contributed by atoms with Crippen LogP contribution < -0.4 is 10.9 Å². The second-order valence-electron chi connectivity index (χ2n) is 4.84. The molecule has 1 amide bonds. The first-order valence-corrected chi connectivity index (χ1v) is 7.19. The largest absolute Gasteiger partial charge is 0.459 e. The Bertz CT molecular complexity index is 764. The van der Waals surface area contributed by atoms with Crippen LogP contribution in [0.2, 0.25) is 0 Å². The first-order valence-electron chi connectivity index (χ1n) is 7.19. The predicted octanol–water partition coefficient (Wildman–Crippen LogP) is 1.98. The zero-order chi connectivity index (χ0) is 16.1. The van der Waals surface area contributed by atoms with Crippen LogP contribution in [-0.2, 0) is 20.7 Å². The molecule has 1 aromatic heterocycles. The molecule has 0 radical (unpaired) electrons. The van der Waals surface area contributed by atoms with Crippen molar-refractivity contribution >= 4 is 28.5 Å². The van der Waals surface area contributed by atoms with Crippen LogP contribution in [0.25, 0.3) is 10.9 Å². The summed E-state index contributed by atoms with van der Waals surface area (Å²) in [7, 11) is 0. The number of aryl methyl sites for hydroxylation is 1. The molecular weight excluding hydrogens is 284 g/mol. The van der Waals surface area contributed by atoms with Crippen LogP contribution in [0.5, 0.6) is 0 Å². The van der Waals surface area contributed by atoms with Gasteiger partial charge < -0.3 is 15.0 Å². The van der Waals surface area contributed by atoms with Gasteiger partial charge in [-0.1, -0.05) is 19.4 Å². The molecule has 0 aliphatic rings. The minimum Gasteiger partial charge on any atom is -0.459 e. The number of fused-ring (bicyclic) bond motifs is 1. The molecule has 1 heterocycles. The summed E-state index contributed by atoms with van der Waals surface area (Å²) < 4.78 is 4.62. The average molecular weight is 302 g/mol. The lowest BCUT2D eigenvalue weighted by atomic mass is 10.0. The molecule has 0 saturated heterocycles. The molecule has 6 heteroatoms. The lowest BCUT2D eigenvalue weighted by Crippen LogP contribution is -2.25. The molecular formula is C16H18N2O4. The van der Waals surface area contributed by atoms with E-state index in [4.69, 9.17) is 0 Å². The number of rotatable bonds is 4. The number of hydrogen-bond donors (Lipinski definition) is 2. The normalized spacial score (nSPS) is 10.5. The maximum Gasteiger partial charge on any atom is 0.397 e. The van der Waals surface area contributed by atoms with Crippen LogP contribution in [0.1, 0.15) is 25.8 Å². The van der Waals surface area contributed by atoms with Gasteiger partial charge in [0.2, 0.25) is 5.56 Å². The van der Waals surface area contributed by atoms with E-state index < -0.39 is 11.9 Å². The summed E-state index contributed by atoms with van der Waals surface area (Å²) in [4.78, 5) is 37.4. The molecule has 0 fully saturated rings. The second kappa shape index (κ2) is 6.89. The van der Waals surface area contributed by atoms with Crippen molar-refractivity contribution in [3.05, 3.63) is 40.2 Å². The third-order valence-electron chi connectivity index (χ3n) is 3.17. The van der Waals surface area contributed by atoms with Gasteiger partial charge in [0, 0.05) is 17.1 Å². The lowest BCUT2D eigenvalue weighted by molar-refractivity contribution is -0.152. The highest BCUT2D eigenvalue weighted by Gasteiger charge is 2.15. The van der Waals surface area contributed by atoms with E-state index in [9.17, 15) is 14.4 Å². The van der Waals surface area contributed by atoms with E-state index in [0.717, 1.165) is 23.8 Å². The molecule has 0 spiro atoms. The van der Waals surface area contributed by atoms with Crippen LogP contribution in [0, 0.1) is 0 Å². The summed E-state index contributed by atoms with van der Waals surface area (Å²) in [6.45, 7) is 3.81. The Morgan fingerprint density at radius 3 is 2.68 bits per heavy atom. The fraction of sp³-hybridized carbons (Fsp3) is 0.312. The lowest BCUT2D eigenvalue weighted by Gasteiger charge is -2.08. The monoisotopic (exact) mass is 302 g/mol. The zero-order valence-corrected chi connectivity index (χ0v) is 12.6. The molecule has 2 rings (SSSR count). The van der Waals surface area contributed by atoms with Crippen LogP contribution in [0.3, 0.4) is 0 Å². The number of nitrogens with one attached hydrogen (secondary N) is 2. The molecule has 0 saturated carbocycles. The number of benzene rings is 1. The van der Waals surface area contributed by atoms with Crippen LogP contribution in [0.15, 0.2) is 29.1 Å². The second-order valence-corrected chi connectivity index (χ2v) is 4.84. The van der Waals surface area contributed by atoms with Crippen LogP contribution >= 0.6 is 0 Å². The summed E-state index contributed by atoms with van der Waals surface area (Å²) >= 11 is 0. The SMILES string of the molecule is CCCc1cc(=O)[nH]c2cc(NC(=O)C(=O)OCC)ccc12. The van der Waals surface area contributed by atoms with E-state index in [2.05, 4.69) is 15.0 Å². The van der Waals surface area contributed by atoms with Crippen LogP contribution in [-0.4, -0.2) is 23.5 Å². The summed E-state index contributed by atoms with van der Waals surface area (Å²) in [6, 6.07) is 6.73. The van der Waals surface area contributed by atoms with Crippen molar-refractivity contribution in [1.29, 1.82) is 0 Å². The summed E-state index contributed by atoms with van der Waals surface area (Å²) in [6.07, 6.45) is 1.73. The van der Waals surface area contributed by atoms with Crippen molar-refractivity contribution in [3.8, 4) is 0 Å². The maximum absolute atomic E-state index is 11.7. The molecule has 2 aromatic rings. The quantitative estimate of drug-likeness (QED) is 0.667. The topological polar surface area (TPSA) is 88.3 Å². The molecule has 2 N–H and O–H groups in total. The standard InChI is InChI=1S/C16H18N2O4/c1-3-5-10-8-14(19)18-13-9-11(6-7-12(10)13)17-15(20)16(21)22-4-2/h6-9H,3-5H2,1-2H3,(H,17,20)(H,18,19). The Morgan fingerprint density at radius 2 is 2.00 bits per heavy atom. The van der Waals surface area contributed by atoms with Crippen molar-refractivity contribution in [3.63, 3.8) is 0 Å². The fourth-order valence-corrected chi connectivity index (χ4v) is 2.27. The third-order valence-corrected chi connectivity index (χ3v) is 3.17. The number of ether oxygens (including phenoxy) is 1. The Morgan fingerprint density at radius 1 is 1.23 bits per heavy atom. The van der Waals surface area contributed by atoms with Gasteiger partial charge in [0.1, 0.15) is 0 Å². The molecule has 0 aliphatic heterocycles. The summed E-state index contributed by atoms with van der Waals surface area (Å²) in [5.41, 5.74) is 1.82. The summed E-state index contributed by atoms with van der Waals surface area (Å²) in [5, 5.41) is 3.38. The van der Waals surface area contributed by atoms with E-state index in [0.29, 0.717) is 11.2 Å². The molecule has 0 atom stereocenters. The highest BCUT2D eigenvalue weighted by Crippen LogP contribution is 2.20. The van der Waals surface area contributed by atoms with E-state index in [1.165, 1.54) is 0 Å². The van der Waals surface area contributed by atoms with Gasteiger partial charge >= 0.3 is 11.9 Å². The Labute approximate surface area is 127 Å². The molecule has 116 valence electrons. The van der Waals surface area contributed by atoms with Gasteiger partial charge in [-0.15, -0.1) is 0 Å². The molecule has 1 aromatic carbocycles. The van der Waals surface area contributed by atoms with Crippen molar-refractivity contribution in [2.24, 2.45) is 0 Å². The van der Waals surface area contributed by atoms with Gasteiger partial charge in [-0.3, -0.25) is 9.59 Å². The fourth-order valence-electron chi connectivity index (χ4n) is 2.27. The molecule has 0 aliphatic carbocycles. The number of carbonyl (C=O) groups excluding carboxylic acids is 2.